The zero-order chi connectivity index (χ0) is 25.3. The van der Waals surface area contributed by atoms with Crippen molar-refractivity contribution in [2.45, 2.75) is 12.7 Å². The minimum atomic E-state index is -4.87. The molecule has 178 valence electrons. The number of hydrogen-bond donors (Lipinski definition) is 1. The van der Waals surface area contributed by atoms with Crippen molar-refractivity contribution in [3.63, 3.8) is 0 Å². The first-order valence-electron chi connectivity index (χ1n) is 9.96. The van der Waals surface area contributed by atoms with Crippen LogP contribution in [-0.2, 0) is 19.8 Å². The fourth-order valence-electron chi connectivity index (χ4n) is 3.32. The molecule has 4 aromatic rings. The van der Waals surface area contributed by atoms with E-state index in [9.17, 15) is 22.8 Å². The van der Waals surface area contributed by atoms with E-state index in [2.05, 4.69) is 10.2 Å². The highest BCUT2D eigenvalue weighted by molar-refractivity contribution is 6.31. The molecule has 0 aliphatic heterocycles. The van der Waals surface area contributed by atoms with Gasteiger partial charge in [0, 0.05) is 18.3 Å². The van der Waals surface area contributed by atoms with Crippen molar-refractivity contribution < 1.29 is 17.9 Å². The van der Waals surface area contributed by atoms with E-state index in [1.165, 1.54) is 19.2 Å². The third kappa shape index (κ3) is 4.97. The molecule has 8 nitrogen and oxygen atoms in total. The second kappa shape index (κ2) is 9.15. The third-order valence-corrected chi connectivity index (χ3v) is 5.37. The summed E-state index contributed by atoms with van der Waals surface area (Å²) in [5.74, 6) is -0.911. The standard InChI is InChI=1S/C23H15ClF3N5O3/c1-31-19(29-30-22(31)34)12-32-7-6-18(23(25,26)27)20(21(32)33)35-17-9-15(8-16(24)10-17)14-4-2-13(11-28)3-5-14/h2-10H,12H2,1H3,(H,30,34). The molecule has 2 aromatic carbocycles. The van der Waals surface area contributed by atoms with E-state index < -0.39 is 28.7 Å². The number of ether oxygens (including phenoxy) is 1. The quantitative estimate of drug-likeness (QED) is 0.438. The average molecular weight is 502 g/mol. The van der Waals surface area contributed by atoms with Gasteiger partial charge in [-0.2, -0.15) is 23.5 Å². The van der Waals surface area contributed by atoms with Crippen molar-refractivity contribution in [1.82, 2.24) is 19.3 Å². The zero-order valence-corrected chi connectivity index (χ0v) is 18.7. The van der Waals surface area contributed by atoms with Crippen molar-refractivity contribution in [3.8, 4) is 28.7 Å². The summed E-state index contributed by atoms with van der Waals surface area (Å²) < 4.78 is 48.7. The molecule has 0 radical (unpaired) electrons. The van der Waals surface area contributed by atoms with E-state index in [0.717, 1.165) is 15.3 Å². The number of nitriles is 1. The van der Waals surface area contributed by atoms with Gasteiger partial charge in [0.2, 0.25) is 5.75 Å². The van der Waals surface area contributed by atoms with Crippen LogP contribution in [0, 0.1) is 11.3 Å². The highest BCUT2D eigenvalue weighted by Crippen LogP contribution is 2.37. The van der Waals surface area contributed by atoms with Gasteiger partial charge in [-0.3, -0.25) is 9.36 Å². The van der Waals surface area contributed by atoms with Crippen molar-refractivity contribution in [1.29, 1.82) is 5.26 Å². The average Bonchev–Trinajstić information content (AvgIpc) is 3.12. The molecular formula is C23H15ClF3N5O3. The molecule has 2 heterocycles. The smallest absolute Gasteiger partial charge is 0.420 e. The van der Waals surface area contributed by atoms with Gasteiger partial charge >= 0.3 is 11.9 Å². The molecule has 35 heavy (non-hydrogen) atoms. The molecule has 1 N–H and O–H groups in total. The minimum Gasteiger partial charge on any atom is -0.451 e. The highest BCUT2D eigenvalue weighted by atomic mass is 35.5. The number of rotatable bonds is 5. The monoisotopic (exact) mass is 501 g/mol. The first-order valence-corrected chi connectivity index (χ1v) is 10.3. The number of benzene rings is 2. The molecule has 0 fully saturated rings. The van der Waals surface area contributed by atoms with Gasteiger partial charge in [-0.05, 0) is 47.5 Å². The lowest BCUT2D eigenvalue weighted by Crippen LogP contribution is -2.26. The van der Waals surface area contributed by atoms with Crippen LogP contribution < -0.4 is 16.0 Å². The molecule has 12 heteroatoms. The number of halogens is 4. The van der Waals surface area contributed by atoms with Gasteiger partial charge in [-0.1, -0.05) is 23.7 Å². The first-order chi connectivity index (χ1) is 16.6. The maximum atomic E-state index is 13.7. The summed E-state index contributed by atoms with van der Waals surface area (Å²) >= 11 is 6.17. The normalized spacial score (nSPS) is 11.3. The summed E-state index contributed by atoms with van der Waals surface area (Å²) in [4.78, 5) is 24.6. The van der Waals surface area contributed by atoms with Crippen LogP contribution >= 0.6 is 11.6 Å². The van der Waals surface area contributed by atoms with Crippen LogP contribution in [0.25, 0.3) is 11.1 Å². The fourth-order valence-corrected chi connectivity index (χ4v) is 3.54. The zero-order valence-electron chi connectivity index (χ0n) is 17.9. The van der Waals surface area contributed by atoms with Crippen LogP contribution in [0.2, 0.25) is 5.02 Å². The van der Waals surface area contributed by atoms with Gasteiger partial charge in [-0.15, -0.1) is 0 Å². The van der Waals surface area contributed by atoms with E-state index in [1.54, 1.807) is 30.3 Å². The lowest BCUT2D eigenvalue weighted by Gasteiger charge is -2.16. The number of aromatic nitrogens is 4. The first kappa shape index (κ1) is 23.8. The van der Waals surface area contributed by atoms with E-state index in [0.29, 0.717) is 22.8 Å². The second-order valence-electron chi connectivity index (χ2n) is 7.46. The number of hydrogen-bond acceptors (Lipinski definition) is 5. The molecule has 0 aliphatic carbocycles. The molecule has 0 amide bonds. The van der Waals surface area contributed by atoms with Gasteiger partial charge in [0.05, 0.1) is 18.2 Å². The van der Waals surface area contributed by atoms with Crippen LogP contribution in [0.15, 0.2) is 64.3 Å². The van der Waals surface area contributed by atoms with Crippen molar-refractivity contribution in [2.24, 2.45) is 7.05 Å². The fraction of sp³-hybridized carbons (Fsp3) is 0.130. The van der Waals surface area contributed by atoms with E-state index >= 15 is 0 Å². The number of nitrogens with one attached hydrogen (secondary N) is 1. The summed E-state index contributed by atoms with van der Waals surface area (Å²) in [5, 5.41) is 15.1. The van der Waals surface area contributed by atoms with Gasteiger partial charge in [0.15, 0.2) is 5.82 Å². The summed E-state index contributed by atoms with van der Waals surface area (Å²) in [6, 6.07) is 13.5. The lowest BCUT2D eigenvalue weighted by atomic mass is 10.0. The Labute approximate surface area is 200 Å². The summed E-state index contributed by atoms with van der Waals surface area (Å²) in [7, 11) is 1.41. The van der Waals surface area contributed by atoms with Crippen LogP contribution in [-0.4, -0.2) is 19.3 Å². The van der Waals surface area contributed by atoms with Crippen LogP contribution in [0.1, 0.15) is 17.0 Å². The largest absolute Gasteiger partial charge is 0.451 e. The Hall–Kier alpha value is -4.30. The summed E-state index contributed by atoms with van der Waals surface area (Å²) in [5.41, 5.74) is -1.30. The van der Waals surface area contributed by atoms with Gasteiger partial charge in [-0.25, -0.2) is 9.89 Å². The maximum Gasteiger partial charge on any atom is 0.420 e. The third-order valence-electron chi connectivity index (χ3n) is 5.15. The van der Waals surface area contributed by atoms with Gasteiger partial charge < -0.3 is 9.30 Å². The predicted molar refractivity (Wildman–Crippen MR) is 120 cm³/mol. The Kier molecular flexibility index (Phi) is 6.24. The summed E-state index contributed by atoms with van der Waals surface area (Å²) in [6.45, 7) is -0.269. The molecule has 0 saturated heterocycles. The Morgan fingerprint density at radius 1 is 1.11 bits per heavy atom. The number of pyridine rings is 1. The van der Waals surface area contributed by atoms with E-state index in [4.69, 9.17) is 21.6 Å². The molecule has 4 rings (SSSR count). The van der Waals surface area contributed by atoms with Crippen LogP contribution in [0.5, 0.6) is 11.5 Å². The van der Waals surface area contributed by atoms with Crippen LogP contribution in [0.3, 0.4) is 0 Å². The SMILES string of the molecule is Cn1c(Cn2ccc(C(F)(F)F)c(Oc3cc(Cl)cc(-c4ccc(C#N)cc4)c3)c2=O)n[nH]c1=O. The molecule has 0 spiro atoms. The molecule has 2 aromatic heterocycles. The van der Waals surface area contributed by atoms with Crippen molar-refractivity contribution in [3.05, 3.63) is 97.5 Å². The van der Waals surface area contributed by atoms with E-state index in [1.807, 2.05) is 6.07 Å². The number of H-pyrrole nitrogens is 1. The molecule has 0 aliphatic rings. The van der Waals surface area contributed by atoms with Gasteiger partial charge in [0.1, 0.15) is 11.3 Å². The van der Waals surface area contributed by atoms with Crippen molar-refractivity contribution >= 4 is 11.6 Å². The number of aromatic amines is 1. The maximum absolute atomic E-state index is 13.7. The Balaban J connectivity index is 1.78. The molecule has 0 bridgehead atoms. The molecule has 0 atom stereocenters. The summed E-state index contributed by atoms with van der Waals surface area (Å²) in [6.07, 6.45) is -3.92. The number of nitrogens with zero attached hydrogens (tertiary/aromatic N) is 4. The van der Waals surface area contributed by atoms with E-state index in [-0.39, 0.29) is 23.1 Å². The van der Waals surface area contributed by atoms with Crippen LogP contribution in [0.4, 0.5) is 13.2 Å². The molecule has 0 saturated carbocycles. The highest BCUT2D eigenvalue weighted by Gasteiger charge is 2.36. The Bertz CT molecular complexity index is 1560. The topological polar surface area (TPSA) is 106 Å². The minimum absolute atomic E-state index is 0.0932. The van der Waals surface area contributed by atoms with Gasteiger partial charge in [0.25, 0.3) is 5.56 Å². The van der Waals surface area contributed by atoms with Crippen molar-refractivity contribution in [2.75, 3.05) is 0 Å². The molecular weight excluding hydrogens is 487 g/mol. The Morgan fingerprint density at radius 3 is 2.43 bits per heavy atom. The predicted octanol–water partition coefficient (Wildman–Crippen LogP) is 4.32. The number of alkyl halides is 3. The lowest BCUT2D eigenvalue weighted by molar-refractivity contribution is -0.138. The Morgan fingerprint density at radius 2 is 1.83 bits per heavy atom. The molecule has 0 unspecified atom stereocenters. The second-order valence-corrected chi connectivity index (χ2v) is 7.90.